The van der Waals surface area contributed by atoms with E-state index in [4.69, 9.17) is 0 Å². The number of carbonyl (C=O) groups is 4. The van der Waals surface area contributed by atoms with Gasteiger partial charge in [-0.05, 0) is 93.0 Å². The smallest absolute Gasteiger partial charge is 0.296 e. The zero-order chi connectivity index (χ0) is 36.1. The van der Waals surface area contributed by atoms with E-state index in [1.807, 2.05) is 72.2 Å². The summed E-state index contributed by atoms with van der Waals surface area (Å²) in [6.07, 6.45) is 4.16. The van der Waals surface area contributed by atoms with Gasteiger partial charge < -0.3 is 31.1 Å². The molecule has 3 aromatic carbocycles. The van der Waals surface area contributed by atoms with Crippen LogP contribution in [-0.4, -0.2) is 54.3 Å². The highest BCUT2D eigenvalue weighted by Gasteiger charge is 2.37. The highest BCUT2D eigenvalue weighted by atomic mass is 16.2. The molecule has 3 aliphatic rings. The molecular weight excluding hydrogens is 640 g/mol. The van der Waals surface area contributed by atoms with Crippen LogP contribution in [-0.2, 0) is 14.4 Å². The number of fused-ring (bicyclic) bond motifs is 2. The topological polar surface area (TPSA) is 123 Å². The number of carbonyl (C=O) groups excluding carboxylic acids is 4. The molecule has 0 unspecified atom stereocenters. The Hall–Kier alpha value is -5.14. The first-order valence-electron chi connectivity index (χ1n) is 18.2. The monoisotopic (exact) mass is 688 g/mol. The van der Waals surface area contributed by atoms with Gasteiger partial charge in [0.25, 0.3) is 11.8 Å². The molecule has 10 heteroatoms. The summed E-state index contributed by atoms with van der Waals surface area (Å²) in [5, 5.41) is 13.1. The summed E-state index contributed by atoms with van der Waals surface area (Å²) in [4.78, 5) is 54.3. The molecule has 2 aliphatic heterocycles. The lowest BCUT2D eigenvalue weighted by atomic mass is 9.83. The second kappa shape index (κ2) is 15.8. The summed E-state index contributed by atoms with van der Waals surface area (Å²) < 4.78 is 0. The Balaban J connectivity index is 0.936. The first kappa shape index (κ1) is 35.7. The van der Waals surface area contributed by atoms with Gasteiger partial charge in [-0.2, -0.15) is 0 Å². The summed E-state index contributed by atoms with van der Waals surface area (Å²) in [7, 11) is 0. The van der Waals surface area contributed by atoms with Crippen molar-refractivity contribution < 1.29 is 19.2 Å². The highest BCUT2D eigenvalue weighted by molar-refractivity contribution is 5.97. The number of hydrogen-bond donors (Lipinski definition) is 4. The zero-order valence-electron chi connectivity index (χ0n) is 29.9. The van der Waals surface area contributed by atoms with Crippen LogP contribution in [0.15, 0.2) is 72.8 Å². The predicted molar refractivity (Wildman–Crippen MR) is 200 cm³/mol. The normalized spacial score (nSPS) is 23.4. The first-order valence-corrected chi connectivity index (χ1v) is 18.2. The fourth-order valence-corrected chi connectivity index (χ4v) is 7.67. The Labute approximate surface area is 300 Å². The van der Waals surface area contributed by atoms with Crippen LogP contribution in [0.2, 0.25) is 0 Å². The second-order valence-electron chi connectivity index (χ2n) is 13.8. The maximum absolute atomic E-state index is 12.8. The molecule has 0 radical (unpaired) electrons. The van der Waals surface area contributed by atoms with E-state index in [-0.39, 0.29) is 66.4 Å². The molecule has 4 amide bonds. The quantitative estimate of drug-likeness (QED) is 0.217. The third-order valence-electron chi connectivity index (χ3n) is 10.3. The van der Waals surface area contributed by atoms with Crippen molar-refractivity contribution in [2.24, 2.45) is 0 Å². The average Bonchev–Trinajstić information content (AvgIpc) is 3.12. The van der Waals surface area contributed by atoms with Gasteiger partial charge in [0.2, 0.25) is 11.8 Å². The molecule has 10 nitrogen and oxygen atoms in total. The van der Waals surface area contributed by atoms with Gasteiger partial charge in [0, 0.05) is 65.7 Å². The molecule has 6 rings (SSSR count). The fraction of sp³-hybridized carbons (Fsp3) is 0.415. The summed E-state index contributed by atoms with van der Waals surface area (Å²) >= 11 is 0. The molecule has 4 N–H and O–H groups in total. The number of hydrogen-bond acceptors (Lipinski definition) is 6. The molecule has 1 fully saturated rings. The van der Waals surface area contributed by atoms with Gasteiger partial charge in [-0.1, -0.05) is 56.2 Å². The van der Waals surface area contributed by atoms with E-state index in [0.717, 1.165) is 53.9 Å². The lowest BCUT2D eigenvalue weighted by Gasteiger charge is -2.44. The third-order valence-corrected chi connectivity index (χ3v) is 10.3. The molecule has 0 saturated heterocycles. The van der Waals surface area contributed by atoms with Crippen molar-refractivity contribution in [2.45, 2.75) is 102 Å². The maximum atomic E-state index is 12.8. The standard InChI is InChI=1S/C41H48N6O4/c1-5-39(49)46-26(3)22-34(32-12-7-9-14-36(32)46)43-29-19-17-28(18-20-29)41(51)42-21-11-16-38(48)45-31-24-30(25-31)44-35-23-27(4)47(40(50)6-2)37-15-10-8-13-33(35)37/h7-10,12-15,17-20,26-27,30-31,34-35,43-44H,5-6,21-25H2,1-4H3,(H,42,51)(H,45,48)/t26-,27-,30?,31?,34+,35+/m0/s1. The second-order valence-corrected chi connectivity index (χ2v) is 13.8. The fourth-order valence-electron chi connectivity index (χ4n) is 7.67. The van der Waals surface area contributed by atoms with Crippen molar-refractivity contribution in [3.05, 3.63) is 89.5 Å². The molecule has 0 spiro atoms. The van der Waals surface area contributed by atoms with Crippen LogP contribution in [0.3, 0.4) is 0 Å². The van der Waals surface area contributed by atoms with Crippen LogP contribution in [0, 0.1) is 11.8 Å². The number of nitrogens with one attached hydrogen (secondary N) is 4. The van der Waals surface area contributed by atoms with Crippen LogP contribution in [0.1, 0.15) is 99.8 Å². The van der Waals surface area contributed by atoms with Gasteiger partial charge in [-0.3, -0.25) is 19.2 Å². The number of anilines is 3. The van der Waals surface area contributed by atoms with Gasteiger partial charge in [0.1, 0.15) is 0 Å². The SMILES string of the molecule is CCC(=O)N1c2ccccc2[C@H](Nc2ccc(C(=O)NCC#CC(=O)NC3CC(N[C@@H]4C[C@H](C)N(C(=O)CC)c5ccccc54)C3)cc2)C[C@@H]1C. The Morgan fingerprint density at radius 3 is 1.84 bits per heavy atom. The van der Waals surface area contributed by atoms with E-state index in [9.17, 15) is 19.2 Å². The summed E-state index contributed by atoms with van der Waals surface area (Å²) in [6.45, 7) is 8.01. The lowest BCUT2D eigenvalue weighted by Crippen LogP contribution is -2.54. The number of benzene rings is 3. The van der Waals surface area contributed by atoms with Crippen molar-refractivity contribution in [3.63, 3.8) is 0 Å². The summed E-state index contributed by atoms with van der Waals surface area (Å²) in [5.41, 5.74) is 5.52. The van der Waals surface area contributed by atoms with Crippen molar-refractivity contribution >= 4 is 40.7 Å². The number of amides is 4. The number of nitrogens with zero attached hydrogens (tertiary/aromatic N) is 2. The Kier molecular flexibility index (Phi) is 11.1. The minimum atomic E-state index is -0.353. The van der Waals surface area contributed by atoms with Gasteiger partial charge in [0.05, 0.1) is 12.6 Å². The van der Waals surface area contributed by atoms with E-state index in [1.54, 1.807) is 12.1 Å². The van der Waals surface area contributed by atoms with Crippen molar-refractivity contribution in [2.75, 3.05) is 21.7 Å². The molecule has 1 saturated carbocycles. The molecule has 0 bridgehead atoms. The van der Waals surface area contributed by atoms with E-state index < -0.39 is 0 Å². The van der Waals surface area contributed by atoms with Gasteiger partial charge >= 0.3 is 0 Å². The largest absolute Gasteiger partial charge is 0.378 e. The van der Waals surface area contributed by atoms with E-state index >= 15 is 0 Å². The lowest BCUT2D eigenvalue weighted by molar-refractivity contribution is -0.119. The van der Waals surface area contributed by atoms with Crippen LogP contribution in [0.5, 0.6) is 0 Å². The third kappa shape index (κ3) is 7.94. The van der Waals surface area contributed by atoms with Crippen LogP contribution in [0.4, 0.5) is 17.1 Å². The molecule has 4 atom stereocenters. The van der Waals surface area contributed by atoms with Gasteiger partial charge in [0.15, 0.2) is 0 Å². The van der Waals surface area contributed by atoms with Crippen molar-refractivity contribution in [3.8, 4) is 11.8 Å². The number of para-hydroxylation sites is 2. The molecule has 2 heterocycles. The van der Waals surface area contributed by atoms with E-state index in [1.165, 1.54) is 0 Å². The molecule has 51 heavy (non-hydrogen) atoms. The number of rotatable bonds is 9. The Bertz CT molecular complexity index is 1830. The maximum Gasteiger partial charge on any atom is 0.296 e. The van der Waals surface area contributed by atoms with Crippen LogP contribution >= 0.6 is 0 Å². The molecular formula is C41H48N6O4. The van der Waals surface area contributed by atoms with E-state index in [2.05, 4.69) is 59.1 Å². The highest BCUT2D eigenvalue weighted by Crippen LogP contribution is 2.40. The molecule has 0 aromatic heterocycles. The van der Waals surface area contributed by atoms with Gasteiger partial charge in [-0.15, -0.1) is 0 Å². The van der Waals surface area contributed by atoms with Gasteiger partial charge in [-0.25, -0.2) is 0 Å². The van der Waals surface area contributed by atoms with Crippen LogP contribution in [0.25, 0.3) is 0 Å². The van der Waals surface area contributed by atoms with Crippen molar-refractivity contribution in [1.82, 2.24) is 16.0 Å². The first-order chi connectivity index (χ1) is 24.7. The minimum Gasteiger partial charge on any atom is -0.378 e. The van der Waals surface area contributed by atoms with E-state index in [0.29, 0.717) is 18.4 Å². The average molecular weight is 689 g/mol. The zero-order valence-corrected chi connectivity index (χ0v) is 29.9. The molecule has 3 aromatic rings. The summed E-state index contributed by atoms with van der Waals surface area (Å²) in [5.74, 6) is 4.99. The van der Waals surface area contributed by atoms with Crippen molar-refractivity contribution in [1.29, 1.82) is 0 Å². The molecule has 1 aliphatic carbocycles. The predicted octanol–water partition coefficient (Wildman–Crippen LogP) is 5.62. The summed E-state index contributed by atoms with van der Waals surface area (Å²) in [6, 6.07) is 24.1. The minimum absolute atomic E-state index is 0.0309. The molecule has 266 valence electrons. The Morgan fingerprint density at radius 1 is 0.706 bits per heavy atom. The Morgan fingerprint density at radius 2 is 1.25 bits per heavy atom. The van der Waals surface area contributed by atoms with Crippen LogP contribution < -0.4 is 31.1 Å².